The van der Waals surface area contributed by atoms with Gasteiger partial charge in [0.15, 0.2) is 0 Å². The van der Waals surface area contributed by atoms with E-state index in [1.54, 1.807) is 12.1 Å². The topological polar surface area (TPSA) is 75.4 Å². The number of hydrogen-bond donors (Lipinski definition) is 2. The smallest absolute Gasteiger partial charge is 0.240 e. The molecule has 0 spiro atoms. The predicted octanol–water partition coefficient (Wildman–Crippen LogP) is 1.34. The second-order valence-corrected chi connectivity index (χ2v) is 8.02. The van der Waals surface area contributed by atoms with E-state index in [-0.39, 0.29) is 4.90 Å². The largest absolute Gasteiger partial charge is 0.398 e. The number of benzene rings is 1. The lowest BCUT2D eigenvalue weighted by Crippen LogP contribution is -2.31. The van der Waals surface area contributed by atoms with E-state index in [9.17, 15) is 8.42 Å². The number of aryl methyl sites for hydroxylation is 1. The van der Waals surface area contributed by atoms with Gasteiger partial charge in [-0.2, -0.15) is 0 Å². The quantitative estimate of drug-likeness (QED) is 0.805. The molecule has 1 aromatic rings. The molecule has 2 fully saturated rings. The Morgan fingerprint density at radius 3 is 2.76 bits per heavy atom. The van der Waals surface area contributed by atoms with Gasteiger partial charge in [-0.1, -0.05) is 6.07 Å². The summed E-state index contributed by atoms with van der Waals surface area (Å²) in [5.74, 6) is 0.420. The van der Waals surface area contributed by atoms with E-state index in [4.69, 9.17) is 5.73 Å². The summed E-state index contributed by atoms with van der Waals surface area (Å²) in [6, 6.07) is 5.65. The van der Waals surface area contributed by atoms with Crippen LogP contribution in [0, 0.1) is 12.8 Å². The summed E-state index contributed by atoms with van der Waals surface area (Å²) in [7, 11) is -3.46. The molecule has 5 nitrogen and oxygen atoms in total. The van der Waals surface area contributed by atoms with Crippen LogP contribution in [0.15, 0.2) is 23.1 Å². The van der Waals surface area contributed by atoms with Gasteiger partial charge in [0.25, 0.3) is 0 Å². The Kier molecular flexibility index (Phi) is 3.94. The van der Waals surface area contributed by atoms with Crippen LogP contribution in [0.2, 0.25) is 0 Å². The molecule has 0 bridgehead atoms. The number of sulfonamides is 1. The van der Waals surface area contributed by atoms with E-state index >= 15 is 0 Å². The van der Waals surface area contributed by atoms with E-state index in [1.807, 2.05) is 6.92 Å². The number of hydrogen-bond acceptors (Lipinski definition) is 4. The molecule has 1 aliphatic heterocycles. The zero-order valence-electron chi connectivity index (χ0n) is 12.4. The third-order valence-corrected chi connectivity index (χ3v) is 5.92. The maximum absolute atomic E-state index is 12.3. The van der Waals surface area contributed by atoms with Crippen molar-refractivity contribution in [3.63, 3.8) is 0 Å². The number of anilines is 1. The van der Waals surface area contributed by atoms with E-state index in [1.165, 1.54) is 18.9 Å². The Bertz CT molecular complexity index is 626. The molecule has 0 radical (unpaired) electrons. The molecule has 1 saturated carbocycles. The number of nitrogens with two attached hydrogens (primary N) is 1. The van der Waals surface area contributed by atoms with Crippen molar-refractivity contribution in [1.82, 2.24) is 9.62 Å². The summed E-state index contributed by atoms with van der Waals surface area (Å²) in [5.41, 5.74) is 7.20. The highest BCUT2D eigenvalue weighted by Crippen LogP contribution is 2.31. The molecule has 3 rings (SSSR count). The molecule has 1 atom stereocenters. The van der Waals surface area contributed by atoms with E-state index in [0.29, 0.717) is 18.2 Å². The van der Waals surface area contributed by atoms with Crippen molar-refractivity contribution in [3.05, 3.63) is 23.8 Å². The molecular formula is C15H23N3O2S. The van der Waals surface area contributed by atoms with Crippen LogP contribution in [0.5, 0.6) is 0 Å². The third-order valence-electron chi connectivity index (χ3n) is 4.50. The van der Waals surface area contributed by atoms with Crippen LogP contribution in [0.1, 0.15) is 24.8 Å². The summed E-state index contributed by atoms with van der Waals surface area (Å²) < 4.78 is 27.3. The van der Waals surface area contributed by atoms with Crippen molar-refractivity contribution in [3.8, 4) is 0 Å². The van der Waals surface area contributed by atoms with E-state index in [2.05, 4.69) is 9.62 Å². The average Bonchev–Trinajstić information content (AvgIpc) is 3.19. The third kappa shape index (κ3) is 3.39. The Morgan fingerprint density at radius 1 is 1.33 bits per heavy atom. The molecule has 1 aromatic carbocycles. The molecule has 1 heterocycles. The number of nitrogens with one attached hydrogen (secondary N) is 1. The van der Waals surface area contributed by atoms with Crippen LogP contribution in [-0.2, 0) is 10.0 Å². The van der Waals surface area contributed by atoms with Crippen molar-refractivity contribution >= 4 is 15.7 Å². The fourth-order valence-corrected chi connectivity index (χ4v) is 4.05. The normalized spacial score (nSPS) is 23.6. The van der Waals surface area contributed by atoms with Crippen LogP contribution in [-0.4, -0.2) is 39.0 Å². The Labute approximate surface area is 126 Å². The number of nitrogens with zero attached hydrogens (tertiary/aromatic N) is 1. The maximum atomic E-state index is 12.3. The van der Waals surface area contributed by atoms with Gasteiger partial charge in [-0.05, 0) is 56.3 Å². The summed E-state index contributed by atoms with van der Waals surface area (Å²) in [5, 5.41) is 0. The molecular weight excluding hydrogens is 286 g/mol. The molecule has 3 N–H and O–H groups in total. The Morgan fingerprint density at radius 2 is 2.10 bits per heavy atom. The fourth-order valence-electron chi connectivity index (χ4n) is 2.90. The van der Waals surface area contributed by atoms with Crippen molar-refractivity contribution in [2.24, 2.45) is 5.92 Å². The molecule has 21 heavy (non-hydrogen) atoms. The minimum atomic E-state index is -3.46. The molecule has 6 heteroatoms. The predicted molar refractivity (Wildman–Crippen MR) is 83.5 cm³/mol. The zero-order valence-corrected chi connectivity index (χ0v) is 13.2. The lowest BCUT2D eigenvalue weighted by atomic mass is 10.1. The molecule has 1 unspecified atom stereocenters. The van der Waals surface area contributed by atoms with Gasteiger partial charge in [0, 0.05) is 24.8 Å². The Hall–Kier alpha value is -1.11. The lowest BCUT2D eigenvalue weighted by molar-refractivity contribution is 0.314. The highest BCUT2D eigenvalue weighted by Gasteiger charge is 2.34. The van der Waals surface area contributed by atoms with Gasteiger partial charge in [-0.25, -0.2) is 13.1 Å². The molecule has 0 aromatic heterocycles. The zero-order chi connectivity index (χ0) is 15.0. The second-order valence-electron chi connectivity index (χ2n) is 6.25. The lowest BCUT2D eigenvalue weighted by Gasteiger charge is -2.15. The summed E-state index contributed by atoms with van der Waals surface area (Å²) in [4.78, 5) is 2.74. The van der Waals surface area contributed by atoms with Gasteiger partial charge in [-0.15, -0.1) is 0 Å². The molecule has 2 aliphatic rings. The van der Waals surface area contributed by atoms with Crippen LogP contribution in [0.4, 0.5) is 5.69 Å². The van der Waals surface area contributed by atoms with Gasteiger partial charge in [0.05, 0.1) is 4.90 Å². The highest BCUT2D eigenvalue weighted by atomic mass is 32.2. The second kappa shape index (κ2) is 5.59. The van der Waals surface area contributed by atoms with Crippen molar-refractivity contribution in [2.75, 3.05) is 25.4 Å². The Balaban J connectivity index is 1.59. The average molecular weight is 309 g/mol. The minimum absolute atomic E-state index is 0.252. The summed E-state index contributed by atoms with van der Waals surface area (Å²) in [6.07, 6.45) is 3.69. The van der Waals surface area contributed by atoms with Gasteiger partial charge in [0.2, 0.25) is 10.0 Å². The van der Waals surface area contributed by atoms with E-state index in [0.717, 1.165) is 31.1 Å². The monoisotopic (exact) mass is 309 g/mol. The molecule has 1 aliphatic carbocycles. The van der Waals surface area contributed by atoms with Gasteiger partial charge in [-0.3, -0.25) is 0 Å². The van der Waals surface area contributed by atoms with Crippen LogP contribution < -0.4 is 10.5 Å². The standard InChI is InChI=1S/C15H23N3O2S/c1-11-2-5-14(8-15(11)16)21(19,20)17-9-12-6-7-18(10-12)13-3-4-13/h2,5,8,12-13,17H,3-4,6-7,9-10,16H2,1H3. The van der Waals surface area contributed by atoms with E-state index < -0.39 is 10.0 Å². The molecule has 116 valence electrons. The maximum Gasteiger partial charge on any atom is 0.240 e. The van der Waals surface area contributed by atoms with Crippen molar-refractivity contribution in [2.45, 2.75) is 37.1 Å². The van der Waals surface area contributed by atoms with Crippen LogP contribution in [0.25, 0.3) is 0 Å². The first-order valence-electron chi connectivity index (χ1n) is 7.55. The van der Waals surface area contributed by atoms with Crippen molar-refractivity contribution in [1.29, 1.82) is 0 Å². The first kappa shape index (κ1) is 14.8. The SMILES string of the molecule is Cc1ccc(S(=O)(=O)NCC2CCN(C3CC3)C2)cc1N. The van der Waals surface area contributed by atoms with Crippen LogP contribution >= 0.6 is 0 Å². The summed E-state index contributed by atoms with van der Waals surface area (Å²) in [6.45, 7) is 4.50. The van der Waals surface area contributed by atoms with Crippen molar-refractivity contribution < 1.29 is 8.42 Å². The van der Waals surface area contributed by atoms with Gasteiger partial charge < -0.3 is 10.6 Å². The fraction of sp³-hybridized carbons (Fsp3) is 0.600. The summed E-state index contributed by atoms with van der Waals surface area (Å²) >= 11 is 0. The first-order chi connectivity index (χ1) is 9.95. The molecule has 1 saturated heterocycles. The number of nitrogen functional groups attached to an aromatic ring is 1. The number of rotatable bonds is 5. The van der Waals surface area contributed by atoms with Gasteiger partial charge >= 0.3 is 0 Å². The first-order valence-corrected chi connectivity index (χ1v) is 9.04. The van der Waals surface area contributed by atoms with Gasteiger partial charge in [0.1, 0.15) is 0 Å². The highest BCUT2D eigenvalue weighted by molar-refractivity contribution is 7.89. The minimum Gasteiger partial charge on any atom is -0.398 e. The van der Waals surface area contributed by atoms with Crippen LogP contribution in [0.3, 0.4) is 0 Å². The molecule has 0 amide bonds. The number of likely N-dealkylation sites (tertiary alicyclic amines) is 1.